The predicted octanol–water partition coefficient (Wildman–Crippen LogP) is 2.38. The maximum Gasteiger partial charge on any atom is 0.243 e. The molecule has 0 bridgehead atoms. The molecule has 0 radical (unpaired) electrons. The van der Waals surface area contributed by atoms with E-state index in [1.807, 2.05) is 18.7 Å². The van der Waals surface area contributed by atoms with Crippen molar-refractivity contribution in [2.45, 2.75) is 13.8 Å². The van der Waals surface area contributed by atoms with Gasteiger partial charge in [-0.3, -0.25) is 9.59 Å². The number of carbonyl (C=O) groups excluding carboxylic acids is 2. The van der Waals surface area contributed by atoms with Crippen LogP contribution in [0.25, 0.3) is 0 Å². The van der Waals surface area contributed by atoms with Gasteiger partial charge in [0.05, 0.1) is 12.3 Å². The number of anilines is 1. The van der Waals surface area contributed by atoms with Crippen LogP contribution in [0, 0.1) is 11.6 Å². The summed E-state index contributed by atoms with van der Waals surface area (Å²) in [6.07, 6.45) is 0. The molecule has 1 aromatic carbocycles. The van der Waals surface area contributed by atoms with Gasteiger partial charge in [-0.15, -0.1) is 0 Å². The molecule has 9 heteroatoms. The highest BCUT2D eigenvalue weighted by molar-refractivity contribution is 8.23. The molecule has 0 fully saturated rings. The lowest BCUT2D eigenvalue weighted by Crippen LogP contribution is -2.35. The number of carbonyl (C=O) groups is 2. The number of thioether (sulfide) groups is 1. The zero-order chi connectivity index (χ0) is 18.1. The van der Waals surface area contributed by atoms with Gasteiger partial charge in [0.15, 0.2) is 11.6 Å². The third-order valence-electron chi connectivity index (χ3n) is 3.00. The first-order chi connectivity index (χ1) is 11.4. The SMILES string of the molecule is CCN(CC)C(=S)SCC(=O)NCC(=O)Nc1ccc(F)c(F)c1. The molecule has 0 heterocycles. The monoisotopic (exact) mass is 375 g/mol. The second kappa shape index (κ2) is 10.2. The molecule has 2 amide bonds. The van der Waals surface area contributed by atoms with E-state index in [1.165, 1.54) is 17.8 Å². The quantitative estimate of drug-likeness (QED) is 0.717. The van der Waals surface area contributed by atoms with E-state index in [2.05, 4.69) is 10.6 Å². The Kier molecular flexibility index (Phi) is 8.62. The van der Waals surface area contributed by atoms with Crippen molar-refractivity contribution in [3.8, 4) is 0 Å². The third-order valence-corrected chi connectivity index (χ3v) is 4.52. The minimum absolute atomic E-state index is 0.105. The summed E-state index contributed by atoms with van der Waals surface area (Å²) in [4.78, 5) is 25.3. The molecule has 0 atom stereocenters. The zero-order valence-corrected chi connectivity index (χ0v) is 15.0. The Morgan fingerprint density at radius 2 is 1.83 bits per heavy atom. The zero-order valence-electron chi connectivity index (χ0n) is 13.4. The van der Waals surface area contributed by atoms with Crippen LogP contribution >= 0.6 is 24.0 Å². The second-order valence-electron chi connectivity index (χ2n) is 4.68. The summed E-state index contributed by atoms with van der Waals surface area (Å²) >= 11 is 6.42. The van der Waals surface area contributed by atoms with Crippen molar-refractivity contribution in [1.29, 1.82) is 0 Å². The van der Waals surface area contributed by atoms with Gasteiger partial charge in [0, 0.05) is 24.8 Å². The lowest BCUT2D eigenvalue weighted by atomic mass is 10.3. The fourth-order valence-electron chi connectivity index (χ4n) is 1.71. The van der Waals surface area contributed by atoms with E-state index in [4.69, 9.17) is 12.2 Å². The van der Waals surface area contributed by atoms with Crippen molar-refractivity contribution < 1.29 is 18.4 Å². The Morgan fingerprint density at radius 1 is 1.17 bits per heavy atom. The molecule has 1 rings (SSSR count). The Morgan fingerprint density at radius 3 is 2.42 bits per heavy atom. The highest BCUT2D eigenvalue weighted by Crippen LogP contribution is 2.13. The largest absolute Gasteiger partial charge is 0.358 e. The summed E-state index contributed by atoms with van der Waals surface area (Å²) in [6, 6.07) is 3.01. The summed E-state index contributed by atoms with van der Waals surface area (Å²) in [5.41, 5.74) is 0.116. The van der Waals surface area contributed by atoms with Gasteiger partial charge in [-0.05, 0) is 26.0 Å². The minimum atomic E-state index is -1.06. The van der Waals surface area contributed by atoms with Crippen LogP contribution in [0.5, 0.6) is 0 Å². The van der Waals surface area contributed by atoms with Crippen LogP contribution in [0.15, 0.2) is 18.2 Å². The Hall–Kier alpha value is -1.74. The molecular formula is C15H19F2N3O2S2. The summed E-state index contributed by atoms with van der Waals surface area (Å²) in [7, 11) is 0. The fourth-order valence-corrected chi connectivity index (χ4v) is 2.94. The van der Waals surface area contributed by atoms with E-state index < -0.39 is 17.5 Å². The number of rotatable bonds is 7. The summed E-state index contributed by atoms with van der Waals surface area (Å²) in [6.45, 7) is 5.20. The molecule has 0 aliphatic carbocycles. The maximum atomic E-state index is 13.0. The van der Waals surface area contributed by atoms with Gasteiger partial charge in [-0.2, -0.15) is 0 Å². The van der Waals surface area contributed by atoms with E-state index in [1.54, 1.807) is 0 Å². The van der Waals surface area contributed by atoms with Crippen molar-refractivity contribution in [2.24, 2.45) is 0 Å². The fraction of sp³-hybridized carbons (Fsp3) is 0.400. The molecule has 2 N–H and O–H groups in total. The average molecular weight is 375 g/mol. The molecule has 0 spiro atoms. The average Bonchev–Trinajstić information content (AvgIpc) is 2.55. The van der Waals surface area contributed by atoms with Gasteiger partial charge in [0.2, 0.25) is 11.8 Å². The van der Waals surface area contributed by atoms with Gasteiger partial charge >= 0.3 is 0 Å². The van der Waals surface area contributed by atoms with Crippen molar-refractivity contribution in [3.63, 3.8) is 0 Å². The smallest absolute Gasteiger partial charge is 0.243 e. The number of nitrogens with zero attached hydrogens (tertiary/aromatic N) is 1. The van der Waals surface area contributed by atoms with Gasteiger partial charge in [0.25, 0.3) is 0 Å². The summed E-state index contributed by atoms with van der Waals surface area (Å²) in [5.74, 6) is -2.82. The van der Waals surface area contributed by atoms with Crippen LogP contribution in [0.1, 0.15) is 13.8 Å². The summed E-state index contributed by atoms with van der Waals surface area (Å²) < 4.78 is 26.4. The molecule has 0 saturated carbocycles. The molecule has 24 heavy (non-hydrogen) atoms. The van der Waals surface area contributed by atoms with E-state index >= 15 is 0 Å². The molecule has 1 aromatic rings. The lowest BCUT2D eigenvalue weighted by Gasteiger charge is -2.20. The molecule has 132 valence electrons. The minimum Gasteiger partial charge on any atom is -0.358 e. The molecule has 0 aliphatic heterocycles. The molecule has 0 aromatic heterocycles. The van der Waals surface area contributed by atoms with E-state index in [9.17, 15) is 18.4 Å². The molecule has 0 aliphatic rings. The van der Waals surface area contributed by atoms with E-state index in [0.717, 1.165) is 25.2 Å². The van der Waals surface area contributed by atoms with Gasteiger partial charge < -0.3 is 15.5 Å². The second-order valence-corrected chi connectivity index (χ2v) is 6.29. The van der Waals surface area contributed by atoms with Crippen LogP contribution < -0.4 is 10.6 Å². The van der Waals surface area contributed by atoms with Crippen LogP contribution in [0.3, 0.4) is 0 Å². The first-order valence-electron chi connectivity index (χ1n) is 7.30. The van der Waals surface area contributed by atoms with E-state index in [-0.39, 0.29) is 23.9 Å². The number of nitrogens with one attached hydrogen (secondary N) is 2. The Balaban J connectivity index is 2.34. The van der Waals surface area contributed by atoms with Crippen LogP contribution in [0.2, 0.25) is 0 Å². The van der Waals surface area contributed by atoms with Crippen LogP contribution in [-0.2, 0) is 9.59 Å². The van der Waals surface area contributed by atoms with Crippen LogP contribution in [-0.4, -0.2) is 46.4 Å². The van der Waals surface area contributed by atoms with Crippen molar-refractivity contribution in [2.75, 3.05) is 30.7 Å². The number of hydrogen-bond donors (Lipinski definition) is 2. The highest BCUT2D eigenvalue weighted by Gasteiger charge is 2.11. The van der Waals surface area contributed by atoms with Gasteiger partial charge in [-0.1, -0.05) is 24.0 Å². The Bertz CT molecular complexity index is 610. The van der Waals surface area contributed by atoms with E-state index in [0.29, 0.717) is 4.32 Å². The number of hydrogen-bond acceptors (Lipinski definition) is 4. The molecule has 0 saturated heterocycles. The first-order valence-corrected chi connectivity index (χ1v) is 8.70. The van der Waals surface area contributed by atoms with Gasteiger partial charge in [0.1, 0.15) is 4.32 Å². The molecular weight excluding hydrogens is 356 g/mol. The third kappa shape index (κ3) is 6.79. The normalized spacial score (nSPS) is 10.2. The Labute approximate surface area is 149 Å². The summed E-state index contributed by atoms with van der Waals surface area (Å²) in [5, 5.41) is 4.81. The van der Waals surface area contributed by atoms with Crippen molar-refractivity contribution in [3.05, 3.63) is 29.8 Å². The standard InChI is InChI=1S/C15H19F2N3O2S2/c1-3-20(4-2)15(23)24-9-14(22)18-8-13(21)19-10-5-6-11(16)12(17)7-10/h5-7H,3-4,8-9H2,1-2H3,(H,18,22)(H,19,21). The number of amides is 2. The number of benzene rings is 1. The maximum absolute atomic E-state index is 13.0. The molecule has 5 nitrogen and oxygen atoms in total. The first kappa shape index (κ1) is 20.3. The number of halogens is 2. The predicted molar refractivity (Wildman–Crippen MR) is 96.0 cm³/mol. The van der Waals surface area contributed by atoms with Gasteiger partial charge in [-0.25, -0.2) is 8.78 Å². The number of thiocarbonyl (C=S) groups is 1. The van der Waals surface area contributed by atoms with Crippen molar-refractivity contribution >= 4 is 45.8 Å². The molecule has 0 unspecified atom stereocenters. The van der Waals surface area contributed by atoms with Crippen LogP contribution in [0.4, 0.5) is 14.5 Å². The van der Waals surface area contributed by atoms with Crippen molar-refractivity contribution in [1.82, 2.24) is 10.2 Å². The highest BCUT2D eigenvalue weighted by atomic mass is 32.2. The topological polar surface area (TPSA) is 61.4 Å². The lowest BCUT2D eigenvalue weighted by molar-refractivity contribution is -0.122.